The molecule has 0 aliphatic rings. The van der Waals surface area contributed by atoms with Crippen LogP contribution in [0.15, 0.2) is 30.3 Å². The van der Waals surface area contributed by atoms with Gasteiger partial charge in [0.25, 0.3) is 5.91 Å². The van der Waals surface area contributed by atoms with Gasteiger partial charge in [0, 0.05) is 18.0 Å². The minimum Gasteiger partial charge on any atom is -0.550 e. The predicted molar refractivity (Wildman–Crippen MR) is 74.8 cm³/mol. The summed E-state index contributed by atoms with van der Waals surface area (Å²) in [5.41, 5.74) is -0.440. The lowest BCUT2D eigenvalue weighted by molar-refractivity contribution is -0.871. The number of halogens is 2. The van der Waals surface area contributed by atoms with Gasteiger partial charge in [-0.2, -0.15) is 8.78 Å². The van der Waals surface area contributed by atoms with Crippen molar-refractivity contribution in [2.24, 2.45) is 0 Å². The Morgan fingerprint density at radius 1 is 1.23 bits per heavy atom. The number of nitrogens with zero attached hydrogens (tertiary/aromatic N) is 1. The Morgan fingerprint density at radius 2 is 1.77 bits per heavy atom. The van der Waals surface area contributed by atoms with E-state index in [2.05, 4.69) is 5.32 Å². The fourth-order valence-corrected chi connectivity index (χ4v) is 2.08. The van der Waals surface area contributed by atoms with E-state index in [0.29, 0.717) is 4.48 Å². The van der Waals surface area contributed by atoms with Crippen LogP contribution in [-0.2, 0) is 15.5 Å². The summed E-state index contributed by atoms with van der Waals surface area (Å²) in [5.74, 6) is -6.64. The third-order valence-electron chi connectivity index (χ3n) is 2.94. The number of hydrogen-bond acceptors (Lipinski definition) is 3. The van der Waals surface area contributed by atoms with E-state index >= 15 is 0 Å². The highest BCUT2D eigenvalue weighted by Gasteiger charge is 2.42. The Balaban J connectivity index is 2.88. The number of hydrogen-bond donors (Lipinski definition) is 1. The van der Waals surface area contributed by atoms with Crippen molar-refractivity contribution < 1.29 is 28.0 Å². The van der Waals surface area contributed by atoms with Crippen molar-refractivity contribution in [3.63, 3.8) is 0 Å². The van der Waals surface area contributed by atoms with Crippen molar-refractivity contribution in [2.75, 3.05) is 27.7 Å². The largest absolute Gasteiger partial charge is 0.550 e. The summed E-state index contributed by atoms with van der Waals surface area (Å²) >= 11 is 0. The Morgan fingerprint density at radius 3 is 2.23 bits per heavy atom. The molecule has 1 amide bonds. The first-order valence-corrected chi connectivity index (χ1v) is 6.77. The maximum atomic E-state index is 14.1. The molecule has 0 spiro atoms. The molecule has 5 nitrogen and oxygen atoms in total. The number of likely N-dealkylation sites (N-methyl/N-ethyl adjacent to an activating group) is 1. The zero-order chi connectivity index (χ0) is 17.0. The van der Waals surface area contributed by atoms with Gasteiger partial charge < -0.3 is 19.7 Å². The second-order valence-electron chi connectivity index (χ2n) is 6.16. The van der Waals surface area contributed by atoms with Gasteiger partial charge in [0.1, 0.15) is 0 Å². The molecule has 1 aromatic carbocycles. The molecule has 0 heterocycles. The number of quaternary nitrogens is 1. The Hall–Kier alpha value is -2.02. The molecule has 0 aromatic heterocycles. The summed E-state index contributed by atoms with van der Waals surface area (Å²) < 4.78 is 28.5. The van der Waals surface area contributed by atoms with Gasteiger partial charge in [0.2, 0.25) is 0 Å². The summed E-state index contributed by atoms with van der Waals surface area (Å²) in [4.78, 5) is 22.6. The smallest absolute Gasteiger partial charge is 0.349 e. The summed E-state index contributed by atoms with van der Waals surface area (Å²) in [7, 11) is 5.30. The number of carboxylic acids is 1. The van der Waals surface area contributed by atoms with Crippen LogP contribution in [0.5, 0.6) is 0 Å². The lowest BCUT2D eigenvalue weighted by atomic mass is 10.1. The van der Waals surface area contributed by atoms with Gasteiger partial charge in [-0.3, -0.25) is 4.79 Å². The summed E-state index contributed by atoms with van der Waals surface area (Å²) in [5, 5.41) is 12.9. The summed E-state index contributed by atoms with van der Waals surface area (Å²) in [6, 6.07) is 5.73. The molecule has 1 N–H and O–H groups in total. The zero-order valence-electron chi connectivity index (χ0n) is 12.8. The molecule has 0 saturated heterocycles. The number of benzene rings is 1. The van der Waals surface area contributed by atoms with E-state index in [9.17, 15) is 23.5 Å². The zero-order valence-corrected chi connectivity index (χ0v) is 12.8. The number of carbonyl (C=O) groups excluding carboxylic acids is 2. The number of alkyl halides is 2. The SMILES string of the molecule is C[N+](C)(C)CC(CC(=O)[O-])NC(=O)C(F)(F)c1ccccc1. The molecule has 22 heavy (non-hydrogen) atoms. The number of amides is 1. The first kappa shape index (κ1) is 18.0. The number of aliphatic carboxylic acids is 1. The highest BCUT2D eigenvalue weighted by atomic mass is 19.3. The van der Waals surface area contributed by atoms with Crippen molar-refractivity contribution in [3.05, 3.63) is 35.9 Å². The fraction of sp³-hybridized carbons (Fsp3) is 0.467. The second kappa shape index (κ2) is 6.83. The van der Waals surface area contributed by atoms with Crippen LogP contribution < -0.4 is 10.4 Å². The van der Waals surface area contributed by atoms with Crippen molar-refractivity contribution in [2.45, 2.75) is 18.4 Å². The minimum absolute atomic E-state index is 0.185. The van der Waals surface area contributed by atoms with Crippen molar-refractivity contribution in [3.8, 4) is 0 Å². The normalized spacial score (nSPS) is 13.5. The first-order chi connectivity index (χ1) is 10.0. The molecule has 1 aromatic rings. The van der Waals surface area contributed by atoms with Crippen molar-refractivity contribution in [1.29, 1.82) is 0 Å². The molecule has 0 aliphatic heterocycles. The van der Waals surface area contributed by atoms with Gasteiger partial charge in [-0.05, 0) is 0 Å². The second-order valence-corrected chi connectivity index (χ2v) is 6.16. The maximum Gasteiger partial charge on any atom is 0.349 e. The fourth-order valence-electron chi connectivity index (χ4n) is 2.08. The molecule has 1 atom stereocenters. The number of nitrogens with one attached hydrogen (secondary N) is 1. The Kier molecular flexibility index (Phi) is 5.59. The highest BCUT2D eigenvalue weighted by Crippen LogP contribution is 2.28. The van der Waals surface area contributed by atoms with Crippen LogP contribution in [-0.4, -0.2) is 50.1 Å². The van der Waals surface area contributed by atoms with Gasteiger partial charge in [-0.15, -0.1) is 0 Å². The van der Waals surface area contributed by atoms with E-state index in [-0.39, 0.29) is 6.54 Å². The average molecular weight is 314 g/mol. The molecule has 7 heteroatoms. The maximum absolute atomic E-state index is 14.1. The first-order valence-electron chi connectivity index (χ1n) is 6.77. The van der Waals surface area contributed by atoms with Gasteiger partial charge in [0.05, 0.1) is 33.7 Å². The molecule has 122 valence electrons. The van der Waals surface area contributed by atoms with Crippen molar-refractivity contribution >= 4 is 11.9 Å². The molecular weight excluding hydrogens is 294 g/mol. The molecule has 0 bridgehead atoms. The number of rotatable bonds is 7. The topological polar surface area (TPSA) is 69.2 Å². The minimum atomic E-state index is -3.73. The lowest BCUT2D eigenvalue weighted by Crippen LogP contribution is -2.53. The molecule has 0 radical (unpaired) electrons. The molecular formula is C15H20F2N2O3. The predicted octanol–water partition coefficient (Wildman–Crippen LogP) is 0.109. The Bertz CT molecular complexity index is 527. The monoisotopic (exact) mass is 314 g/mol. The van der Waals surface area contributed by atoms with Crippen molar-refractivity contribution in [1.82, 2.24) is 5.32 Å². The van der Waals surface area contributed by atoms with Gasteiger partial charge >= 0.3 is 5.92 Å². The molecule has 0 fully saturated rings. The van der Waals surface area contributed by atoms with Crippen LogP contribution in [0, 0.1) is 0 Å². The van der Waals surface area contributed by atoms with Crippen LogP contribution in [0.2, 0.25) is 0 Å². The summed E-state index contributed by atoms with van der Waals surface area (Å²) in [6.07, 6.45) is -0.522. The molecule has 1 unspecified atom stereocenters. The average Bonchev–Trinajstić information content (AvgIpc) is 2.36. The third-order valence-corrected chi connectivity index (χ3v) is 2.94. The van der Waals surface area contributed by atoms with Crippen LogP contribution in [0.25, 0.3) is 0 Å². The van der Waals surface area contributed by atoms with E-state index in [4.69, 9.17) is 0 Å². The van der Waals surface area contributed by atoms with Crippen LogP contribution >= 0.6 is 0 Å². The van der Waals surface area contributed by atoms with Gasteiger partial charge in [-0.25, -0.2) is 0 Å². The molecule has 0 saturated carbocycles. The number of carbonyl (C=O) groups is 2. The Labute approximate surface area is 128 Å². The van der Waals surface area contributed by atoms with E-state index in [1.54, 1.807) is 27.2 Å². The van der Waals surface area contributed by atoms with Gasteiger partial charge in [0.15, 0.2) is 0 Å². The number of carboxylic acid groups (broad SMARTS) is 1. The standard InChI is InChI=1S/C15H20F2N2O3/c1-19(2,3)10-12(9-13(20)21)18-14(22)15(16,17)11-7-5-4-6-8-11/h4-8,12H,9-10H2,1-3H3,(H-,18,20,21,22). The van der Waals surface area contributed by atoms with E-state index in [1.165, 1.54) is 12.1 Å². The van der Waals surface area contributed by atoms with E-state index < -0.39 is 35.8 Å². The summed E-state index contributed by atoms with van der Waals surface area (Å²) in [6.45, 7) is 0.185. The molecule has 1 rings (SSSR count). The van der Waals surface area contributed by atoms with Crippen LogP contribution in [0.3, 0.4) is 0 Å². The van der Waals surface area contributed by atoms with Crippen LogP contribution in [0.1, 0.15) is 12.0 Å². The lowest BCUT2D eigenvalue weighted by Gasteiger charge is -2.30. The molecule has 0 aliphatic carbocycles. The third kappa shape index (κ3) is 5.40. The van der Waals surface area contributed by atoms with E-state index in [1.807, 2.05) is 0 Å². The quantitative estimate of drug-likeness (QED) is 0.726. The van der Waals surface area contributed by atoms with E-state index in [0.717, 1.165) is 12.1 Å². The highest BCUT2D eigenvalue weighted by molar-refractivity contribution is 5.85. The van der Waals surface area contributed by atoms with Gasteiger partial charge in [-0.1, -0.05) is 30.3 Å². The van der Waals surface area contributed by atoms with Crippen LogP contribution in [0.4, 0.5) is 8.78 Å².